The molecule has 0 saturated carbocycles. The molecule has 29 heavy (non-hydrogen) atoms. The Morgan fingerprint density at radius 2 is 1.55 bits per heavy atom. The fraction of sp³-hybridized carbons (Fsp3) is 0.120. The van der Waals surface area contributed by atoms with E-state index in [1.165, 1.54) is 0 Å². The summed E-state index contributed by atoms with van der Waals surface area (Å²) in [5, 5.41) is 3.91. The maximum Gasteiger partial charge on any atom is 0.255 e. The van der Waals surface area contributed by atoms with Crippen LogP contribution in [0.5, 0.6) is 0 Å². The van der Waals surface area contributed by atoms with E-state index in [4.69, 9.17) is 0 Å². The molecule has 2 N–H and O–H groups in total. The third-order valence-electron chi connectivity index (χ3n) is 5.01. The number of benzene rings is 3. The van der Waals surface area contributed by atoms with Gasteiger partial charge in [0.2, 0.25) is 5.56 Å². The summed E-state index contributed by atoms with van der Waals surface area (Å²) in [7, 11) is 0. The van der Waals surface area contributed by atoms with E-state index in [1.54, 1.807) is 12.1 Å². The lowest BCUT2D eigenvalue weighted by atomic mass is 9.99. The molecule has 0 radical (unpaired) electrons. The summed E-state index contributed by atoms with van der Waals surface area (Å²) in [5.74, 6) is 0.0506. The van der Waals surface area contributed by atoms with Crippen molar-refractivity contribution < 1.29 is 4.79 Å². The second-order valence-electron chi connectivity index (χ2n) is 7.40. The molecule has 1 heterocycles. The average molecular weight is 382 g/mol. The van der Waals surface area contributed by atoms with Crippen LogP contribution in [-0.2, 0) is 0 Å². The molecule has 4 rings (SSSR count). The standard InChI is InChI=1S/C25H22N2O2/c1-16(2)22-15-24(28)27-23-14-20(12-13-21(22)23)26-25(29)19-10-8-18(9-11-19)17-6-4-3-5-7-17/h3-16H,1-2H3,(H,26,29)(H,27,28). The number of fused-ring (bicyclic) bond motifs is 1. The molecule has 0 atom stereocenters. The van der Waals surface area contributed by atoms with Gasteiger partial charge in [-0.2, -0.15) is 0 Å². The number of H-pyrrole nitrogens is 1. The van der Waals surface area contributed by atoms with Gasteiger partial charge in [-0.25, -0.2) is 0 Å². The van der Waals surface area contributed by atoms with Crippen molar-refractivity contribution in [3.63, 3.8) is 0 Å². The highest BCUT2D eigenvalue weighted by molar-refractivity contribution is 6.05. The highest BCUT2D eigenvalue weighted by atomic mass is 16.1. The molecule has 3 aromatic carbocycles. The predicted molar refractivity (Wildman–Crippen MR) is 118 cm³/mol. The van der Waals surface area contributed by atoms with E-state index in [0.717, 1.165) is 27.6 Å². The predicted octanol–water partition coefficient (Wildman–Crippen LogP) is 5.57. The van der Waals surface area contributed by atoms with E-state index in [9.17, 15) is 9.59 Å². The summed E-state index contributed by atoms with van der Waals surface area (Å²) in [6, 6.07) is 24.8. The molecule has 0 aliphatic heterocycles. The Bertz CT molecular complexity index is 1220. The molecule has 0 saturated heterocycles. The second kappa shape index (κ2) is 7.76. The Kier molecular flexibility index (Phi) is 5.00. The molecule has 4 aromatic rings. The van der Waals surface area contributed by atoms with Crippen molar-refractivity contribution in [1.82, 2.24) is 4.98 Å². The van der Waals surface area contributed by atoms with Gasteiger partial charge in [0.25, 0.3) is 5.91 Å². The van der Waals surface area contributed by atoms with Crippen molar-refractivity contribution >= 4 is 22.5 Å². The Morgan fingerprint density at radius 1 is 0.862 bits per heavy atom. The molecule has 0 unspecified atom stereocenters. The summed E-state index contributed by atoms with van der Waals surface area (Å²) in [5.41, 5.74) is 4.98. The number of carbonyl (C=O) groups excluding carboxylic acids is 1. The highest BCUT2D eigenvalue weighted by Gasteiger charge is 2.10. The smallest absolute Gasteiger partial charge is 0.255 e. The maximum absolute atomic E-state index is 12.7. The lowest BCUT2D eigenvalue weighted by Gasteiger charge is -2.11. The summed E-state index contributed by atoms with van der Waals surface area (Å²) in [6.45, 7) is 4.12. The van der Waals surface area contributed by atoms with Gasteiger partial charge < -0.3 is 10.3 Å². The van der Waals surface area contributed by atoms with E-state index in [2.05, 4.69) is 24.1 Å². The first kappa shape index (κ1) is 18.7. The molecule has 0 aliphatic carbocycles. The highest BCUT2D eigenvalue weighted by Crippen LogP contribution is 2.25. The van der Waals surface area contributed by atoms with Crippen LogP contribution < -0.4 is 10.9 Å². The number of nitrogens with one attached hydrogen (secondary N) is 2. The van der Waals surface area contributed by atoms with E-state index in [-0.39, 0.29) is 17.4 Å². The number of aromatic amines is 1. The van der Waals surface area contributed by atoms with Crippen LogP contribution in [0.4, 0.5) is 5.69 Å². The van der Waals surface area contributed by atoms with Gasteiger partial charge >= 0.3 is 0 Å². The Hall–Kier alpha value is -3.66. The fourth-order valence-corrected chi connectivity index (χ4v) is 3.49. The third kappa shape index (κ3) is 3.97. The second-order valence-corrected chi connectivity index (χ2v) is 7.40. The van der Waals surface area contributed by atoms with Gasteiger partial charge in [-0.1, -0.05) is 62.4 Å². The summed E-state index contributed by atoms with van der Waals surface area (Å²) in [4.78, 5) is 27.5. The van der Waals surface area contributed by atoms with Gasteiger partial charge in [-0.15, -0.1) is 0 Å². The van der Waals surface area contributed by atoms with Gasteiger partial charge in [0, 0.05) is 22.7 Å². The van der Waals surface area contributed by atoms with Gasteiger partial charge in [0.1, 0.15) is 0 Å². The molecule has 0 aliphatic rings. The number of carbonyl (C=O) groups is 1. The first-order valence-electron chi connectivity index (χ1n) is 9.65. The number of anilines is 1. The molecule has 0 spiro atoms. The Balaban J connectivity index is 1.58. The van der Waals surface area contributed by atoms with Crippen LogP contribution >= 0.6 is 0 Å². The zero-order chi connectivity index (χ0) is 20.4. The van der Waals surface area contributed by atoms with Crippen LogP contribution in [0.15, 0.2) is 83.7 Å². The number of aromatic nitrogens is 1. The van der Waals surface area contributed by atoms with Crippen LogP contribution in [0.3, 0.4) is 0 Å². The minimum Gasteiger partial charge on any atom is -0.322 e. The number of hydrogen-bond donors (Lipinski definition) is 2. The van der Waals surface area contributed by atoms with Crippen molar-refractivity contribution in [2.24, 2.45) is 0 Å². The maximum atomic E-state index is 12.7. The third-order valence-corrected chi connectivity index (χ3v) is 5.01. The normalized spacial score (nSPS) is 11.0. The SMILES string of the molecule is CC(C)c1cc(=O)[nH]c2cc(NC(=O)c3ccc(-c4ccccc4)cc3)ccc12. The molecule has 1 amide bonds. The van der Waals surface area contributed by atoms with Crippen LogP contribution in [-0.4, -0.2) is 10.9 Å². The van der Waals surface area contributed by atoms with Gasteiger partial charge in [0.15, 0.2) is 0 Å². The van der Waals surface area contributed by atoms with Crippen LogP contribution in [0.1, 0.15) is 35.7 Å². The Labute approximate surface area is 169 Å². The monoisotopic (exact) mass is 382 g/mol. The van der Waals surface area contributed by atoms with E-state index < -0.39 is 0 Å². The molecule has 4 nitrogen and oxygen atoms in total. The minimum atomic E-state index is -0.189. The lowest BCUT2D eigenvalue weighted by Crippen LogP contribution is -2.12. The number of hydrogen-bond acceptors (Lipinski definition) is 2. The number of pyridine rings is 1. The quantitative estimate of drug-likeness (QED) is 0.485. The van der Waals surface area contributed by atoms with Crippen molar-refractivity contribution in [1.29, 1.82) is 0 Å². The zero-order valence-electron chi connectivity index (χ0n) is 16.4. The summed E-state index contributed by atoms with van der Waals surface area (Å²) >= 11 is 0. The fourth-order valence-electron chi connectivity index (χ4n) is 3.49. The molecule has 1 aromatic heterocycles. The minimum absolute atomic E-state index is 0.138. The topological polar surface area (TPSA) is 62.0 Å². The molecular formula is C25H22N2O2. The van der Waals surface area contributed by atoms with Crippen molar-refractivity contribution in [3.8, 4) is 11.1 Å². The van der Waals surface area contributed by atoms with Crippen LogP contribution in [0.25, 0.3) is 22.0 Å². The Morgan fingerprint density at radius 3 is 2.24 bits per heavy atom. The first-order chi connectivity index (χ1) is 14.0. The lowest BCUT2D eigenvalue weighted by molar-refractivity contribution is 0.102. The zero-order valence-corrected chi connectivity index (χ0v) is 16.4. The average Bonchev–Trinajstić information content (AvgIpc) is 2.73. The summed E-state index contributed by atoms with van der Waals surface area (Å²) < 4.78 is 0. The van der Waals surface area contributed by atoms with E-state index in [1.807, 2.05) is 66.7 Å². The van der Waals surface area contributed by atoms with Crippen molar-refractivity contribution in [2.45, 2.75) is 19.8 Å². The van der Waals surface area contributed by atoms with Crippen molar-refractivity contribution in [3.05, 3.63) is 100 Å². The van der Waals surface area contributed by atoms with Gasteiger partial charge in [-0.05, 0) is 46.9 Å². The van der Waals surface area contributed by atoms with Gasteiger partial charge in [0.05, 0.1) is 5.52 Å². The number of rotatable bonds is 4. The molecular weight excluding hydrogens is 360 g/mol. The molecule has 4 heteroatoms. The van der Waals surface area contributed by atoms with Crippen LogP contribution in [0, 0.1) is 0 Å². The molecule has 144 valence electrons. The number of amides is 1. The molecule has 0 bridgehead atoms. The summed E-state index contributed by atoms with van der Waals surface area (Å²) in [6.07, 6.45) is 0. The largest absolute Gasteiger partial charge is 0.322 e. The van der Waals surface area contributed by atoms with E-state index >= 15 is 0 Å². The van der Waals surface area contributed by atoms with E-state index in [0.29, 0.717) is 11.3 Å². The molecule has 0 fully saturated rings. The van der Waals surface area contributed by atoms with Crippen molar-refractivity contribution in [2.75, 3.05) is 5.32 Å². The first-order valence-corrected chi connectivity index (χ1v) is 9.65. The van der Waals surface area contributed by atoms with Crippen LogP contribution in [0.2, 0.25) is 0 Å². The van der Waals surface area contributed by atoms with Gasteiger partial charge in [-0.3, -0.25) is 9.59 Å².